The van der Waals surface area contributed by atoms with Crippen molar-refractivity contribution in [1.29, 1.82) is 0 Å². The van der Waals surface area contributed by atoms with Gasteiger partial charge in [0.15, 0.2) is 0 Å². The average molecular weight is 284 g/mol. The van der Waals surface area contributed by atoms with E-state index < -0.39 is 29.2 Å². The topological polar surface area (TPSA) is 26.0 Å². The van der Waals surface area contributed by atoms with Crippen molar-refractivity contribution in [1.82, 2.24) is 0 Å². The first-order valence-corrected chi connectivity index (χ1v) is 5.97. The van der Waals surface area contributed by atoms with Crippen LogP contribution in [0.25, 0.3) is 0 Å². The minimum Gasteiger partial charge on any atom is -0.324 e. The molecule has 1 aromatic carbocycles. The van der Waals surface area contributed by atoms with Crippen LogP contribution in [0.5, 0.6) is 0 Å². The van der Waals surface area contributed by atoms with Gasteiger partial charge in [-0.2, -0.15) is 13.2 Å². The summed E-state index contributed by atoms with van der Waals surface area (Å²) in [7, 11) is 0. The first-order valence-electron chi connectivity index (χ1n) is 5.59. The third kappa shape index (κ3) is 3.36. The van der Waals surface area contributed by atoms with Crippen LogP contribution in [-0.4, -0.2) is 0 Å². The second-order valence-corrected chi connectivity index (χ2v) is 4.48. The lowest BCUT2D eigenvalue weighted by molar-refractivity contribution is -0.138. The van der Waals surface area contributed by atoms with Crippen molar-refractivity contribution in [2.45, 2.75) is 38.4 Å². The summed E-state index contributed by atoms with van der Waals surface area (Å²) in [4.78, 5) is 0. The fraction of sp³-hybridized carbons (Fsp3) is 0.500. The fourth-order valence-corrected chi connectivity index (χ4v) is 1.91. The summed E-state index contributed by atoms with van der Waals surface area (Å²) in [6.45, 7) is 1.88. The molecule has 0 bridgehead atoms. The molecule has 0 aliphatic heterocycles. The number of hydrogen-bond acceptors (Lipinski definition) is 1. The van der Waals surface area contributed by atoms with E-state index in [9.17, 15) is 17.6 Å². The molecule has 0 saturated carbocycles. The number of unbranched alkanes of at least 4 members (excludes halogenated alkanes) is 1. The summed E-state index contributed by atoms with van der Waals surface area (Å²) in [6.07, 6.45) is -2.94. The number of hydrogen-bond donors (Lipinski definition) is 1. The van der Waals surface area contributed by atoms with Crippen LogP contribution >= 0.6 is 11.6 Å². The van der Waals surface area contributed by atoms with Gasteiger partial charge < -0.3 is 5.73 Å². The quantitative estimate of drug-likeness (QED) is 0.797. The monoisotopic (exact) mass is 283 g/mol. The highest BCUT2D eigenvalue weighted by molar-refractivity contribution is 6.30. The Bertz CT molecular complexity index is 417. The molecule has 1 atom stereocenters. The van der Waals surface area contributed by atoms with Crippen LogP contribution in [0.1, 0.15) is 43.4 Å². The smallest absolute Gasteiger partial charge is 0.324 e. The van der Waals surface area contributed by atoms with Crippen LogP contribution in [0, 0.1) is 5.82 Å². The summed E-state index contributed by atoms with van der Waals surface area (Å²) >= 11 is 5.52. The van der Waals surface area contributed by atoms with E-state index in [0.29, 0.717) is 6.42 Å². The predicted molar refractivity (Wildman–Crippen MR) is 62.9 cm³/mol. The maximum Gasteiger partial charge on any atom is 0.416 e. The Balaban J connectivity index is 3.25. The molecule has 0 fully saturated rings. The first-order chi connectivity index (χ1) is 8.29. The van der Waals surface area contributed by atoms with Gasteiger partial charge in [0, 0.05) is 11.6 Å². The van der Waals surface area contributed by atoms with Crippen LogP contribution in [0.2, 0.25) is 5.02 Å². The minimum atomic E-state index is -4.63. The zero-order valence-electron chi connectivity index (χ0n) is 9.82. The van der Waals surface area contributed by atoms with E-state index in [0.717, 1.165) is 18.6 Å². The van der Waals surface area contributed by atoms with Crippen molar-refractivity contribution in [3.63, 3.8) is 0 Å². The highest BCUT2D eigenvalue weighted by atomic mass is 35.5. The SMILES string of the molecule is CCCC[C@@H](N)c1c(C(F)(F)F)ccc(Cl)c1F. The zero-order chi connectivity index (χ0) is 13.9. The number of alkyl halides is 3. The highest BCUT2D eigenvalue weighted by Gasteiger charge is 2.36. The van der Waals surface area contributed by atoms with Crippen LogP contribution in [0.15, 0.2) is 12.1 Å². The third-order valence-corrected chi connectivity index (χ3v) is 2.97. The number of benzene rings is 1. The van der Waals surface area contributed by atoms with E-state index in [2.05, 4.69) is 0 Å². The summed E-state index contributed by atoms with van der Waals surface area (Å²) in [6, 6.07) is 0.669. The lowest BCUT2D eigenvalue weighted by Crippen LogP contribution is -2.19. The predicted octanol–water partition coefficient (Wildman–Crippen LogP) is 4.69. The highest BCUT2D eigenvalue weighted by Crippen LogP contribution is 2.38. The van der Waals surface area contributed by atoms with E-state index in [4.69, 9.17) is 17.3 Å². The molecule has 0 aromatic heterocycles. The lowest BCUT2D eigenvalue weighted by Gasteiger charge is -2.19. The van der Waals surface area contributed by atoms with E-state index >= 15 is 0 Å². The van der Waals surface area contributed by atoms with Gasteiger partial charge in [-0.1, -0.05) is 31.4 Å². The Hall–Kier alpha value is -0.810. The maximum atomic E-state index is 13.8. The molecule has 1 rings (SSSR count). The minimum absolute atomic E-state index is 0.289. The Morgan fingerprint density at radius 2 is 1.94 bits per heavy atom. The van der Waals surface area contributed by atoms with Gasteiger partial charge >= 0.3 is 6.18 Å². The largest absolute Gasteiger partial charge is 0.416 e. The van der Waals surface area contributed by atoms with Gasteiger partial charge in [-0.25, -0.2) is 4.39 Å². The normalized spacial score (nSPS) is 13.7. The van der Waals surface area contributed by atoms with Crippen LogP contribution in [0.3, 0.4) is 0 Å². The second kappa shape index (κ2) is 5.89. The number of halogens is 5. The Kier molecular flexibility index (Phi) is 4.99. The molecule has 0 heterocycles. The van der Waals surface area contributed by atoms with Gasteiger partial charge in [0.05, 0.1) is 10.6 Å². The Labute approximate surface area is 108 Å². The molecule has 1 aromatic rings. The molecule has 0 spiro atoms. The molecule has 0 unspecified atom stereocenters. The molecule has 2 N–H and O–H groups in total. The molecule has 0 amide bonds. The molecule has 0 saturated heterocycles. The van der Waals surface area contributed by atoms with E-state index in [-0.39, 0.29) is 11.4 Å². The zero-order valence-corrected chi connectivity index (χ0v) is 10.6. The van der Waals surface area contributed by atoms with Gasteiger partial charge in [0.1, 0.15) is 5.82 Å². The van der Waals surface area contributed by atoms with Crippen molar-refractivity contribution in [3.8, 4) is 0 Å². The Morgan fingerprint density at radius 3 is 2.44 bits per heavy atom. The van der Waals surface area contributed by atoms with Gasteiger partial charge in [-0.05, 0) is 18.6 Å². The van der Waals surface area contributed by atoms with Crippen LogP contribution in [0.4, 0.5) is 17.6 Å². The van der Waals surface area contributed by atoms with Gasteiger partial charge in [-0.15, -0.1) is 0 Å². The number of nitrogens with two attached hydrogens (primary N) is 1. The van der Waals surface area contributed by atoms with Gasteiger partial charge in [-0.3, -0.25) is 0 Å². The number of rotatable bonds is 4. The van der Waals surface area contributed by atoms with Crippen molar-refractivity contribution < 1.29 is 17.6 Å². The second-order valence-electron chi connectivity index (χ2n) is 4.07. The lowest BCUT2D eigenvalue weighted by atomic mass is 9.96. The molecule has 18 heavy (non-hydrogen) atoms. The van der Waals surface area contributed by atoms with Crippen LogP contribution in [-0.2, 0) is 6.18 Å². The summed E-state index contributed by atoms with van der Waals surface area (Å²) in [5.41, 5.74) is 4.06. The van der Waals surface area contributed by atoms with Crippen molar-refractivity contribution in [3.05, 3.63) is 34.1 Å². The molecular weight excluding hydrogens is 270 g/mol. The van der Waals surface area contributed by atoms with E-state index in [1.54, 1.807) is 0 Å². The van der Waals surface area contributed by atoms with Crippen molar-refractivity contribution >= 4 is 11.6 Å². The molecule has 6 heteroatoms. The summed E-state index contributed by atoms with van der Waals surface area (Å²) in [5, 5.41) is -0.343. The third-order valence-electron chi connectivity index (χ3n) is 2.68. The molecule has 0 aliphatic rings. The van der Waals surface area contributed by atoms with E-state index in [1.807, 2.05) is 6.92 Å². The van der Waals surface area contributed by atoms with Gasteiger partial charge in [0.25, 0.3) is 0 Å². The van der Waals surface area contributed by atoms with E-state index in [1.165, 1.54) is 0 Å². The van der Waals surface area contributed by atoms with Gasteiger partial charge in [0.2, 0.25) is 0 Å². The average Bonchev–Trinajstić information content (AvgIpc) is 2.27. The Morgan fingerprint density at radius 1 is 1.33 bits per heavy atom. The molecule has 1 nitrogen and oxygen atoms in total. The summed E-state index contributed by atoms with van der Waals surface area (Å²) in [5.74, 6) is -1.07. The summed E-state index contributed by atoms with van der Waals surface area (Å²) < 4.78 is 52.1. The standard InChI is InChI=1S/C12H14ClF4N/c1-2-3-4-9(18)10-7(12(15,16)17)5-6-8(13)11(10)14/h5-6,9H,2-4,18H2,1H3/t9-/m1/s1. The molecule has 0 aliphatic carbocycles. The molecule has 0 radical (unpaired) electrons. The van der Waals surface area contributed by atoms with Crippen molar-refractivity contribution in [2.24, 2.45) is 5.73 Å². The maximum absolute atomic E-state index is 13.8. The molecule has 102 valence electrons. The molecular formula is C12H14ClF4N. The van der Waals surface area contributed by atoms with Crippen LogP contribution < -0.4 is 5.73 Å². The first kappa shape index (κ1) is 15.2. The van der Waals surface area contributed by atoms with Crippen molar-refractivity contribution in [2.75, 3.05) is 0 Å². The fourth-order valence-electron chi connectivity index (χ4n) is 1.74.